The number of halogens is 2. The molecule has 9 heteroatoms. The van der Waals surface area contributed by atoms with Crippen LogP contribution in [-0.4, -0.2) is 64.1 Å². The number of methoxy groups -OCH3 is 1. The van der Waals surface area contributed by atoms with E-state index in [2.05, 4.69) is 10.1 Å². The van der Waals surface area contributed by atoms with Crippen LogP contribution in [-0.2, 0) is 16.1 Å². The first-order valence-electron chi connectivity index (χ1n) is 9.31. The van der Waals surface area contributed by atoms with Crippen LogP contribution in [0.25, 0.3) is 11.4 Å². The van der Waals surface area contributed by atoms with E-state index in [1.165, 1.54) is 6.07 Å². The number of hydrogen-bond acceptors (Lipinski definition) is 5. The molecular formula is C19H24F2N4O3. The maximum Gasteiger partial charge on any atom is 0.317 e. The molecule has 1 fully saturated rings. The van der Waals surface area contributed by atoms with E-state index in [0.717, 1.165) is 43.8 Å². The minimum absolute atomic E-state index is 0.0309. The molecule has 3 rings (SSSR count). The summed E-state index contributed by atoms with van der Waals surface area (Å²) in [5, 5.41) is 13.5. The van der Waals surface area contributed by atoms with Crippen molar-refractivity contribution in [3.63, 3.8) is 0 Å². The molecule has 2 aromatic rings. The molecule has 0 amide bonds. The summed E-state index contributed by atoms with van der Waals surface area (Å²) in [7, 11) is 1.60. The van der Waals surface area contributed by atoms with E-state index < -0.39 is 17.6 Å². The Balaban J connectivity index is 1.85. The second-order valence-electron chi connectivity index (χ2n) is 6.94. The zero-order chi connectivity index (χ0) is 20.1. The molecule has 0 bridgehead atoms. The van der Waals surface area contributed by atoms with Crippen molar-refractivity contribution in [1.82, 2.24) is 19.7 Å². The Bertz CT molecular complexity index is 828. The van der Waals surface area contributed by atoms with Gasteiger partial charge in [0.05, 0.1) is 19.7 Å². The minimum atomic E-state index is -0.939. The highest BCUT2D eigenvalue weighted by Crippen LogP contribution is 2.29. The summed E-state index contributed by atoms with van der Waals surface area (Å²) in [6.07, 6.45) is 2.48. The highest BCUT2D eigenvalue weighted by atomic mass is 19.2. The van der Waals surface area contributed by atoms with E-state index in [9.17, 15) is 13.6 Å². The van der Waals surface area contributed by atoms with E-state index in [0.29, 0.717) is 31.1 Å². The van der Waals surface area contributed by atoms with Gasteiger partial charge < -0.3 is 9.84 Å². The molecule has 1 N–H and O–H groups in total. The van der Waals surface area contributed by atoms with Crippen molar-refractivity contribution in [3.05, 3.63) is 35.7 Å². The number of carboxylic acids is 1. The number of ether oxygens (including phenoxy) is 1. The van der Waals surface area contributed by atoms with Gasteiger partial charge in [-0.15, -0.1) is 0 Å². The summed E-state index contributed by atoms with van der Waals surface area (Å²) in [5.41, 5.74) is 0.414. The minimum Gasteiger partial charge on any atom is -0.480 e. The molecule has 0 radical (unpaired) electrons. The van der Waals surface area contributed by atoms with Crippen molar-refractivity contribution >= 4 is 5.97 Å². The Labute approximate surface area is 161 Å². The first kappa shape index (κ1) is 20.3. The number of benzene rings is 1. The Morgan fingerprint density at radius 1 is 1.29 bits per heavy atom. The summed E-state index contributed by atoms with van der Waals surface area (Å²) < 4.78 is 33.8. The predicted molar refractivity (Wildman–Crippen MR) is 97.9 cm³/mol. The normalized spacial score (nSPS) is 18.2. The van der Waals surface area contributed by atoms with Crippen LogP contribution in [0.5, 0.6) is 0 Å². The molecule has 0 saturated carbocycles. The van der Waals surface area contributed by atoms with Crippen LogP contribution in [0.15, 0.2) is 18.2 Å². The van der Waals surface area contributed by atoms with Gasteiger partial charge in [-0.2, -0.15) is 5.10 Å². The molecule has 7 nitrogen and oxygen atoms in total. The van der Waals surface area contributed by atoms with Gasteiger partial charge in [0.25, 0.3) is 0 Å². The number of nitrogens with zero attached hydrogens (tertiary/aromatic N) is 4. The monoisotopic (exact) mass is 394 g/mol. The van der Waals surface area contributed by atoms with Gasteiger partial charge in [0.2, 0.25) is 0 Å². The van der Waals surface area contributed by atoms with Gasteiger partial charge >= 0.3 is 5.97 Å². The van der Waals surface area contributed by atoms with Gasteiger partial charge in [0.15, 0.2) is 17.5 Å². The fourth-order valence-electron chi connectivity index (χ4n) is 3.52. The molecule has 0 aliphatic carbocycles. The summed E-state index contributed by atoms with van der Waals surface area (Å²) >= 11 is 0. The molecule has 1 aromatic carbocycles. The van der Waals surface area contributed by atoms with Crippen LogP contribution in [0.2, 0.25) is 0 Å². The van der Waals surface area contributed by atoms with Gasteiger partial charge in [-0.05, 0) is 50.6 Å². The summed E-state index contributed by atoms with van der Waals surface area (Å²) in [4.78, 5) is 17.5. The SMILES string of the molecule is COCCn1nc(-c2ccc(F)c(F)c2)nc1C1CCCN(CC(=O)O)CC1. The third kappa shape index (κ3) is 4.90. The number of carboxylic acid groups (broad SMARTS) is 1. The van der Waals surface area contributed by atoms with E-state index >= 15 is 0 Å². The first-order valence-corrected chi connectivity index (χ1v) is 9.31. The van der Waals surface area contributed by atoms with Crippen molar-refractivity contribution in [2.45, 2.75) is 31.7 Å². The molecule has 28 heavy (non-hydrogen) atoms. The van der Waals surface area contributed by atoms with Gasteiger partial charge in [-0.25, -0.2) is 18.4 Å². The van der Waals surface area contributed by atoms with Crippen molar-refractivity contribution in [1.29, 1.82) is 0 Å². The lowest BCUT2D eigenvalue weighted by Gasteiger charge is -2.17. The van der Waals surface area contributed by atoms with Crippen LogP contribution in [0.4, 0.5) is 8.78 Å². The lowest BCUT2D eigenvalue weighted by atomic mass is 10.00. The van der Waals surface area contributed by atoms with Gasteiger partial charge in [0, 0.05) is 18.6 Å². The zero-order valence-corrected chi connectivity index (χ0v) is 15.8. The molecule has 1 aromatic heterocycles. The first-order chi connectivity index (χ1) is 13.5. The number of aromatic nitrogens is 3. The second-order valence-corrected chi connectivity index (χ2v) is 6.94. The molecular weight excluding hydrogens is 370 g/mol. The molecule has 152 valence electrons. The number of hydrogen-bond donors (Lipinski definition) is 1. The molecule has 1 atom stereocenters. The fraction of sp³-hybridized carbons (Fsp3) is 0.526. The smallest absolute Gasteiger partial charge is 0.317 e. The van der Waals surface area contributed by atoms with Gasteiger partial charge in [0.1, 0.15) is 5.82 Å². The van der Waals surface area contributed by atoms with E-state index in [1.54, 1.807) is 11.8 Å². The summed E-state index contributed by atoms with van der Waals surface area (Å²) in [5.74, 6) is -1.45. The highest BCUT2D eigenvalue weighted by Gasteiger charge is 2.25. The number of carbonyl (C=O) groups is 1. The maximum absolute atomic E-state index is 13.6. The summed E-state index contributed by atoms with van der Waals surface area (Å²) in [6, 6.07) is 3.62. The number of likely N-dealkylation sites (tertiary alicyclic amines) is 1. The molecule has 1 unspecified atom stereocenters. The fourth-order valence-corrected chi connectivity index (χ4v) is 3.52. The largest absolute Gasteiger partial charge is 0.480 e. The molecule has 1 aliphatic rings. The molecule has 1 saturated heterocycles. The third-order valence-electron chi connectivity index (χ3n) is 4.93. The van der Waals surface area contributed by atoms with Crippen molar-refractivity contribution < 1.29 is 23.4 Å². The van der Waals surface area contributed by atoms with Crippen LogP contribution in [0, 0.1) is 11.6 Å². The number of rotatable bonds is 7. The third-order valence-corrected chi connectivity index (χ3v) is 4.93. The van der Waals surface area contributed by atoms with Crippen LogP contribution in [0.3, 0.4) is 0 Å². The highest BCUT2D eigenvalue weighted by molar-refractivity contribution is 5.69. The molecule has 2 heterocycles. The quantitative estimate of drug-likeness (QED) is 0.777. The van der Waals surface area contributed by atoms with Gasteiger partial charge in [-0.1, -0.05) is 0 Å². The van der Waals surface area contributed by atoms with Gasteiger partial charge in [-0.3, -0.25) is 9.69 Å². The number of aliphatic carboxylic acids is 1. The Morgan fingerprint density at radius 3 is 2.82 bits per heavy atom. The predicted octanol–water partition coefficient (Wildman–Crippen LogP) is 2.52. The second kappa shape index (κ2) is 9.20. The summed E-state index contributed by atoms with van der Waals surface area (Å²) in [6.45, 7) is 2.37. The maximum atomic E-state index is 13.6. The standard InChI is InChI=1S/C19H24F2N4O3/c1-28-10-9-25-19(13-3-2-7-24(8-6-13)12-17(26)27)22-18(23-25)14-4-5-15(20)16(21)11-14/h4-5,11,13H,2-3,6-10,12H2,1H3,(H,26,27). The lowest BCUT2D eigenvalue weighted by Crippen LogP contribution is -2.30. The molecule has 1 aliphatic heterocycles. The average molecular weight is 394 g/mol. The Kier molecular flexibility index (Phi) is 6.69. The zero-order valence-electron chi connectivity index (χ0n) is 15.8. The Hall–Kier alpha value is -2.39. The van der Waals surface area contributed by atoms with Crippen molar-refractivity contribution in [2.75, 3.05) is 33.4 Å². The molecule has 0 spiro atoms. The van der Waals surface area contributed by atoms with E-state index in [1.807, 2.05) is 4.90 Å². The van der Waals surface area contributed by atoms with Crippen LogP contribution in [0.1, 0.15) is 31.0 Å². The van der Waals surface area contributed by atoms with Crippen LogP contribution >= 0.6 is 0 Å². The van der Waals surface area contributed by atoms with E-state index in [4.69, 9.17) is 9.84 Å². The lowest BCUT2D eigenvalue weighted by molar-refractivity contribution is -0.138. The topological polar surface area (TPSA) is 80.5 Å². The van der Waals surface area contributed by atoms with Crippen molar-refractivity contribution in [2.24, 2.45) is 0 Å². The average Bonchev–Trinajstić information content (AvgIpc) is 2.95. The van der Waals surface area contributed by atoms with Crippen molar-refractivity contribution in [3.8, 4) is 11.4 Å². The Morgan fingerprint density at radius 2 is 2.11 bits per heavy atom. The van der Waals surface area contributed by atoms with Crippen LogP contribution < -0.4 is 0 Å². The van der Waals surface area contributed by atoms with E-state index in [-0.39, 0.29) is 12.5 Å².